The van der Waals surface area contributed by atoms with Crippen LogP contribution in [-0.2, 0) is 4.74 Å². The Hall–Kier alpha value is -3.10. The van der Waals surface area contributed by atoms with E-state index in [0.717, 1.165) is 54.7 Å². The summed E-state index contributed by atoms with van der Waals surface area (Å²) in [6.45, 7) is 8.65. The molecule has 2 fully saturated rings. The summed E-state index contributed by atoms with van der Waals surface area (Å²) >= 11 is 6.53. The maximum absolute atomic E-state index is 13.6. The lowest BCUT2D eigenvalue weighted by atomic mass is 10.1. The number of morpholine rings is 1. The zero-order valence-corrected chi connectivity index (χ0v) is 21.6. The number of piperazine rings is 1. The highest BCUT2D eigenvalue weighted by Crippen LogP contribution is 2.33. The minimum atomic E-state index is -0.268. The van der Waals surface area contributed by atoms with Gasteiger partial charge in [-0.1, -0.05) is 11.6 Å². The van der Waals surface area contributed by atoms with E-state index in [-0.39, 0.29) is 17.9 Å². The number of methoxy groups -OCH3 is 1. The zero-order chi connectivity index (χ0) is 25.2. The van der Waals surface area contributed by atoms with Crippen LogP contribution in [0.2, 0.25) is 5.02 Å². The fourth-order valence-electron chi connectivity index (χ4n) is 4.87. The molecule has 0 amide bonds. The van der Waals surface area contributed by atoms with E-state index in [9.17, 15) is 4.39 Å². The van der Waals surface area contributed by atoms with E-state index < -0.39 is 0 Å². The molecule has 9 heteroatoms. The smallest absolute Gasteiger partial charge is 0.228 e. The van der Waals surface area contributed by atoms with Crippen molar-refractivity contribution in [3.8, 4) is 17.0 Å². The lowest BCUT2D eigenvalue weighted by Gasteiger charge is -2.42. The maximum Gasteiger partial charge on any atom is 0.228 e. The number of rotatable bonds is 5. The molecule has 0 saturated carbocycles. The van der Waals surface area contributed by atoms with Gasteiger partial charge in [0.25, 0.3) is 0 Å². The number of aromatic nitrogens is 2. The molecule has 0 N–H and O–H groups in total. The van der Waals surface area contributed by atoms with Crippen LogP contribution in [0.15, 0.2) is 48.5 Å². The van der Waals surface area contributed by atoms with Crippen LogP contribution in [0.25, 0.3) is 11.3 Å². The van der Waals surface area contributed by atoms with Crippen LogP contribution in [-0.4, -0.2) is 68.6 Å². The van der Waals surface area contributed by atoms with Crippen molar-refractivity contribution in [2.45, 2.75) is 25.9 Å². The average molecular weight is 512 g/mol. The third-order valence-electron chi connectivity index (χ3n) is 6.88. The van der Waals surface area contributed by atoms with Gasteiger partial charge in [-0.3, -0.25) is 0 Å². The van der Waals surface area contributed by atoms with Crippen LogP contribution in [0, 0.1) is 5.82 Å². The summed E-state index contributed by atoms with van der Waals surface area (Å²) in [6.07, 6.45) is 0. The molecule has 2 saturated heterocycles. The molecular weight excluding hydrogens is 481 g/mol. The number of halogens is 2. The van der Waals surface area contributed by atoms with Crippen molar-refractivity contribution in [2.24, 2.45) is 0 Å². The maximum atomic E-state index is 13.6. The van der Waals surface area contributed by atoms with Gasteiger partial charge in [-0.05, 0) is 50.2 Å². The summed E-state index contributed by atoms with van der Waals surface area (Å²) in [5, 5.41) is 0.709. The molecule has 2 aromatic carbocycles. The van der Waals surface area contributed by atoms with Gasteiger partial charge in [-0.2, -0.15) is 4.98 Å². The lowest BCUT2D eigenvalue weighted by molar-refractivity contribution is 0.0981. The normalized spacial score (nSPS) is 20.5. The number of benzene rings is 2. The van der Waals surface area contributed by atoms with E-state index >= 15 is 0 Å². The fourth-order valence-corrected chi connectivity index (χ4v) is 5.11. The van der Waals surface area contributed by atoms with Crippen molar-refractivity contribution in [2.75, 3.05) is 61.2 Å². The van der Waals surface area contributed by atoms with E-state index in [1.165, 1.54) is 12.1 Å². The molecule has 2 aliphatic rings. The number of ether oxygens (including phenoxy) is 2. The Kier molecular flexibility index (Phi) is 7.16. The molecule has 3 aromatic rings. The number of hydrogen-bond donors (Lipinski definition) is 0. The fraction of sp³-hybridized carbons (Fsp3) is 0.407. The second-order valence-electron chi connectivity index (χ2n) is 9.34. The highest BCUT2D eigenvalue weighted by Gasteiger charge is 2.29. The van der Waals surface area contributed by atoms with Crippen molar-refractivity contribution in [3.05, 3.63) is 59.4 Å². The standard InChI is InChI=1S/C27H31ClFN5O2/c1-18-16-32(25-14-22(35-3)8-9-23(25)28)10-11-33(18)26-15-24(20-4-6-21(29)7-5-20)30-27(31-26)34-12-13-36-17-19(34)2/h4-9,14-15,18-19H,10-13,16-17H2,1-3H3/t18-,19-/m1/s1. The van der Waals surface area contributed by atoms with Gasteiger partial charge in [-0.15, -0.1) is 0 Å². The van der Waals surface area contributed by atoms with Gasteiger partial charge in [-0.25, -0.2) is 9.37 Å². The van der Waals surface area contributed by atoms with E-state index in [1.807, 2.05) is 24.3 Å². The Morgan fingerprint density at radius 3 is 2.50 bits per heavy atom. The summed E-state index contributed by atoms with van der Waals surface area (Å²) in [6, 6.07) is 14.5. The topological polar surface area (TPSA) is 54.0 Å². The Labute approximate surface area is 216 Å². The third kappa shape index (κ3) is 5.06. The molecule has 5 rings (SSSR count). The Balaban J connectivity index is 1.46. The van der Waals surface area contributed by atoms with E-state index in [2.05, 4.69) is 28.5 Å². The van der Waals surface area contributed by atoms with Gasteiger partial charge < -0.3 is 24.2 Å². The highest BCUT2D eigenvalue weighted by molar-refractivity contribution is 6.33. The minimum Gasteiger partial charge on any atom is -0.497 e. The first-order valence-corrected chi connectivity index (χ1v) is 12.7. The Bertz CT molecular complexity index is 1210. The van der Waals surface area contributed by atoms with Crippen LogP contribution in [0.3, 0.4) is 0 Å². The quantitative estimate of drug-likeness (QED) is 0.483. The lowest BCUT2D eigenvalue weighted by Crippen LogP contribution is -2.52. The second kappa shape index (κ2) is 10.5. The summed E-state index contributed by atoms with van der Waals surface area (Å²) in [5.74, 6) is 2.06. The third-order valence-corrected chi connectivity index (χ3v) is 7.20. The summed E-state index contributed by atoms with van der Waals surface area (Å²) in [4.78, 5) is 16.7. The first kappa shape index (κ1) is 24.6. The van der Waals surface area contributed by atoms with Crippen molar-refractivity contribution >= 4 is 29.1 Å². The molecular formula is C27H31ClFN5O2. The predicted molar refractivity (Wildman–Crippen MR) is 142 cm³/mol. The van der Waals surface area contributed by atoms with Gasteiger partial charge in [0.15, 0.2) is 0 Å². The average Bonchev–Trinajstić information content (AvgIpc) is 2.89. The molecule has 0 unspecified atom stereocenters. The summed E-state index contributed by atoms with van der Waals surface area (Å²) in [5.41, 5.74) is 2.61. The van der Waals surface area contributed by atoms with Crippen molar-refractivity contribution < 1.29 is 13.9 Å². The SMILES string of the molecule is COc1ccc(Cl)c(N2CCN(c3cc(-c4ccc(F)cc4)nc(N4CCOC[C@H]4C)n3)[C@H](C)C2)c1. The summed E-state index contributed by atoms with van der Waals surface area (Å²) < 4.78 is 24.7. The van der Waals surface area contributed by atoms with E-state index in [0.29, 0.717) is 24.2 Å². The first-order chi connectivity index (χ1) is 17.4. The summed E-state index contributed by atoms with van der Waals surface area (Å²) in [7, 11) is 1.66. The van der Waals surface area contributed by atoms with Crippen LogP contribution in [0.5, 0.6) is 5.75 Å². The number of hydrogen-bond acceptors (Lipinski definition) is 7. The van der Waals surface area contributed by atoms with Crippen molar-refractivity contribution in [1.29, 1.82) is 0 Å². The molecule has 0 aliphatic carbocycles. The molecule has 0 radical (unpaired) electrons. The monoisotopic (exact) mass is 511 g/mol. The second-order valence-corrected chi connectivity index (χ2v) is 9.75. The van der Waals surface area contributed by atoms with E-state index in [1.54, 1.807) is 19.2 Å². The predicted octanol–water partition coefficient (Wildman–Crippen LogP) is 4.88. The van der Waals surface area contributed by atoms with Gasteiger partial charge in [0.05, 0.1) is 42.8 Å². The molecule has 0 spiro atoms. The molecule has 2 atom stereocenters. The van der Waals surface area contributed by atoms with E-state index in [4.69, 9.17) is 31.0 Å². The van der Waals surface area contributed by atoms with Crippen LogP contribution >= 0.6 is 11.6 Å². The molecule has 0 bridgehead atoms. The van der Waals surface area contributed by atoms with Gasteiger partial charge >= 0.3 is 0 Å². The van der Waals surface area contributed by atoms with Gasteiger partial charge in [0, 0.05) is 49.9 Å². The number of anilines is 3. The molecule has 3 heterocycles. The molecule has 190 valence electrons. The van der Waals surface area contributed by atoms with Crippen LogP contribution in [0.1, 0.15) is 13.8 Å². The minimum absolute atomic E-state index is 0.166. The molecule has 1 aromatic heterocycles. The Morgan fingerprint density at radius 1 is 0.972 bits per heavy atom. The van der Waals surface area contributed by atoms with Crippen molar-refractivity contribution in [3.63, 3.8) is 0 Å². The van der Waals surface area contributed by atoms with Crippen LogP contribution in [0.4, 0.5) is 21.8 Å². The molecule has 2 aliphatic heterocycles. The van der Waals surface area contributed by atoms with Crippen LogP contribution < -0.4 is 19.4 Å². The molecule has 7 nitrogen and oxygen atoms in total. The first-order valence-electron chi connectivity index (χ1n) is 12.3. The van der Waals surface area contributed by atoms with Crippen molar-refractivity contribution in [1.82, 2.24) is 9.97 Å². The molecule has 36 heavy (non-hydrogen) atoms. The Morgan fingerprint density at radius 2 is 1.78 bits per heavy atom. The van der Waals surface area contributed by atoms with Gasteiger partial charge in [0.1, 0.15) is 17.4 Å². The largest absolute Gasteiger partial charge is 0.497 e. The zero-order valence-electron chi connectivity index (χ0n) is 20.8. The number of nitrogens with zero attached hydrogens (tertiary/aromatic N) is 5. The van der Waals surface area contributed by atoms with Gasteiger partial charge in [0.2, 0.25) is 5.95 Å². The highest BCUT2D eigenvalue weighted by atomic mass is 35.5.